The molecule has 0 bridgehead atoms. The van der Waals surface area contributed by atoms with Gasteiger partial charge in [-0.2, -0.15) is 5.26 Å². The van der Waals surface area contributed by atoms with Gasteiger partial charge in [0, 0.05) is 13.1 Å². The maximum Gasteiger partial charge on any atom is 0.131 e. The molecule has 1 fully saturated rings. The number of nitrogen functional groups attached to an aromatic ring is 1. The van der Waals surface area contributed by atoms with Gasteiger partial charge >= 0.3 is 0 Å². The fraction of sp³-hybridized carbons (Fsp3) is 0.615. The van der Waals surface area contributed by atoms with E-state index in [1.807, 2.05) is 6.26 Å². The molecular weight excluding hydrogens is 262 g/mol. The molecule has 2 heterocycles. The van der Waals surface area contributed by atoms with E-state index in [0.29, 0.717) is 10.6 Å². The maximum absolute atomic E-state index is 9.08. The van der Waals surface area contributed by atoms with E-state index in [9.17, 15) is 0 Å². The molecule has 0 radical (unpaired) electrons. The van der Waals surface area contributed by atoms with Gasteiger partial charge in [0.15, 0.2) is 0 Å². The monoisotopic (exact) mass is 281 g/mol. The third kappa shape index (κ3) is 2.45. The van der Waals surface area contributed by atoms with Gasteiger partial charge in [-0.25, -0.2) is 0 Å². The van der Waals surface area contributed by atoms with Crippen molar-refractivity contribution in [2.45, 2.75) is 31.1 Å². The molecule has 2 N–H and O–H groups in total. The average molecular weight is 281 g/mol. The second-order valence-corrected chi connectivity index (χ2v) is 6.45. The minimum Gasteiger partial charge on any atom is -0.396 e. The van der Waals surface area contributed by atoms with Crippen molar-refractivity contribution in [3.63, 3.8) is 0 Å². The van der Waals surface area contributed by atoms with Crippen molar-refractivity contribution in [3.05, 3.63) is 4.88 Å². The molecule has 0 atom stereocenters. The Morgan fingerprint density at radius 1 is 1.50 bits per heavy atom. The van der Waals surface area contributed by atoms with E-state index >= 15 is 0 Å². The van der Waals surface area contributed by atoms with Gasteiger partial charge in [0.05, 0.1) is 10.6 Å². The lowest BCUT2D eigenvalue weighted by atomic mass is 9.95. The van der Waals surface area contributed by atoms with Crippen molar-refractivity contribution in [2.24, 2.45) is 5.92 Å². The predicted molar refractivity (Wildman–Crippen MR) is 80.5 cm³/mol. The number of hydrogen-bond acceptors (Lipinski definition) is 5. The average Bonchev–Trinajstić information content (AvgIpc) is 2.75. The Morgan fingerprint density at radius 2 is 2.17 bits per heavy atom. The zero-order valence-corrected chi connectivity index (χ0v) is 12.5. The molecule has 1 aromatic heterocycles. The van der Waals surface area contributed by atoms with Crippen LogP contribution in [0, 0.1) is 17.2 Å². The molecule has 0 saturated carbocycles. The molecule has 0 spiro atoms. The summed E-state index contributed by atoms with van der Waals surface area (Å²) >= 11 is 3.20. The van der Waals surface area contributed by atoms with E-state index in [1.165, 1.54) is 24.3 Å². The molecule has 1 aliphatic rings. The third-order valence-corrected chi connectivity index (χ3v) is 5.79. The van der Waals surface area contributed by atoms with Crippen molar-refractivity contribution in [2.75, 3.05) is 30.0 Å². The van der Waals surface area contributed by atoms with Gasteiger partial charge in [0.1, 0.15) is 15.9 Å². The number of nitrogens with zero attached hydrogens (tertiary/aromatic N) is 2. The van der Waals surface area contributed by atoms with E-state index in [2.05, 4.69) is 17.9 Å². The lowest BCUT2D eigenvalue weighted by Gasteiger charge is -2.32. The summed E-state index contributed by atoms with van der Waals surface area (Å²) < 4.78 is 0. The molecule has 1 aliphatic heterocycles. The topological polar surface area (TPSA) is 53.0 Å². The summed E-state index contributed by atoms with van der Waals surface area (Å²) in [4.78, 5) is 4.15. The normalized spacial score (nSPS) is 16.8. The Balaban J connectivity index is 2.21. The molecule has 0 aliphatic carbocycles. The number of rotatable bonds is 3. The van der Waals surface area contributed by atoms with Crippen LogP contribution in [-0.4, -0.2) is 19.3 Å². The molecule has 3 nitrogen and oxygen atoms in total. The SMILES string of the molecule is CCC1CCN(c2sc(C#N)c(N)c2SC)CC1. The second kappa shape index (κ2) is 5.85. The summed E-state index contributed by atoms with van der Waals surface area (Å²) in [5.74, 6) is 0.867. The van der Waals surface area contributed by atoms with Crippen LogP contribution in [0.5, 0.6) is 0 Å². The second-order valence-electron chi connectivity index (χ2n) is 4.63. The summed E-state index contributed by atoms with van der Waals surface area (Å²) in [5, 5.41) is 10.3. The van der Waals surface area contributed by atoms with E-state index in [-0.39, 0.29) is 0 Å². The number of thiophene rings is 1. The largest absolute Gasteiger partial charge is 0.396 e. The van der Waals surface area contributed by atoms with Crippen molar-refractivity contribution < 1.29 is 0 Å². The van der Waals surface area contributed by atoms with Gasteiger partial charge in [-0.05, 0) is 25.0 Å². The van der Waals surface area contributed by atoms with E-state index in [0.717, 1.165) is 23.9 Å². The van der Waals surface area contributed by atoms with Crippen LogP contribution in [0.2, 0.25) is 0 Å². The highest BCUT2D eigenvalue weighted by molar-refractivity contribution is 7.99. The molecule has 2 rings (SSSR count). The standard InChI is InChI=1S/C13H19N3S2/c1-3-9-4-6-16(7-5-9)13-12(17-2)11(15)10(8-14)18-13/h9H,3-7,15H2,1-2H3. The number of hydrogen-bond donors (Lipinski definition) is 1. The first-order valence-electron chi connectivity index (χ1n) is 6.32. The Bertz CT molecular complexity index is 454. The van der Waals surface area contributed by atoms with Crippen LogP contribution in [0.1, 0.15) is 31.1 Å². The highest BCUT2D eigenvalue weighted by Gasteiger charge is 2.24. The molecule has 0 amide bonds. The number of thioether (sulfide) groups is 1. The van der Waals surface area contributed by atoms with Crippen molar-refractivity contribution in [1.29, 1.82) is 5.26 Å². The van der Waals surface area contributed by atoms with E-state index in [4.69, 9.17) is 11.0 Å². The molecule has 5 heteroatoms. The molecule has 98 valence electrons. The Labute approximate surface area is 117 Å². The van der Waals surface area contributed by atoms with Crippen molar-refractivity contribution >= 4 is 33.8 Å². The van der Waals surface area contributed by atoms with Crippen LogP contribution in [0.3, 0.4) is 0 Å². The zero-order valence-electron chi connectivity index (χ0n) is 10.9. The summed E-state index contributed by atoms with van der Waals surface area (Å²) in [6.45, 7) is 4.46. The quantitative estimate of drug-likeness (QED) is 0.861. The van der Waals surface area contributed by atoms with Crippen LogP contribution < -0.4 is 10.6 Å². The van der Waals surface area contributed by atoms with Crippen LogP contribution in [0.4, 0.5) is 10.7 Å². The predicted octanol–water partition coefficient (Wildman–Crippen LogP) is 3.55. The van der Waals surface area contributed by atoms with Crippen LogP contribution in [-0.2, 0) is 0 Å². The molecular formula is C13H19N3S2. The highest BCUT2D eigenvalue weighted by Crippen LogP contribution is 2.44. The van der Waals surface area contributed by atoms with E-state index < -0.39 is 0 Å². The fourth-order valence-corrected chi connectivity index (χ4v) is 4.48. The van der Waals surface area contributed by atoms with Gasteiger partial charge in [-0.15, -0.1) is 23.1 Å². The minimum atomic E-state index is 0.659. The van der Waals surface area contributed by atoms with Crippen molar-refractivity contribution in [1.82, 2.24) is 0 Å². The first-order chi connectivity index (χ1) is 8.71. The molecule has 1 aromatic rings. The zero-order chi connectivity index (χ0) is 13.1. The van der Waals surface area contributed by atoms with Crippen LogP contribution in [0.15, 0.2) is 4.90 Å². The summed E-state index contributed by atoms with van der Waals surface area (Å²) in [6, 6.07) is 2.20. The van der Waals surface area contributed by atoms with Gasteiger partial charge in [-0.1, -0.05) is 13.3 Å². The molecule has 0 unspecified atom stereocenters. The van der Waals surface area contributed by atoms with Crippen LogP contribution in [0.25, 0.3) is 0 Å². The molecule has 0 aromatic carbocycles. The highest BCUT2D eigenvalue weighted by atomic mass is 32.2. The van der Waals surface area contributed by atoms with Gasteiger partial charge in [0.2, 0.25) is 0 Å². The fourth-order valence-electron chi connectivity index (χ4n) is 2.45. The molecule has 1 saturated heterocycles. The van der Waals surface area contributed by atoms with Crippen LogP contribution >= 0.6 is 23.1 Å². The number of anilines is 2. The van der Waals surface area contributed by atoms with Gasteiger partial charge in [0.25, 0.3) is 0 Å². The summed E-state index contributed by atoms with van der Waals surface area (Å²) in [7, 11) is 0. The minimum absolute atomic E-state index is 0.659. The maximum atomic E-state index is 9.08. The molecule has 18 heavy (non-hydrogen) atoms. The van der Waals surface area contributed by atoms with Gasteiger partial charge < -0.3 is 10.6 Å². The smallest absolute Gasteiger partial charge is 0.131 e. The lowest BCUT2D eigenvalue weighted by Crippen LogP contribution is -2.33. The van der Waals surface area contributed by atoms with Gasteiger partial charge in [-0.3, -0.25) is 0 Å². The first-order valence-corrected chi connectivity index (χ1v) is 8.36. The summed E-state index contributed by atoms with van der Waals surface area (Å²) in [5.41, 5.74) is 6.69. The van der Waals surface area contributed by atoms with Crippen molar-refractivity contribution in [3.8, 4) is 6.07 Å². The third-order valence-electron chi connectivity index (χ3n) is 3.67. The number of piperidine rings is 1. The lowest BCUT2D eigenvalue weighted by molar-refractivity contribution is 0.395. The number of nitriles is 1. The first kappa shape index (κ1) is 13.6. The summed E-state index contributed by atoms with van der Waals surface area (Å²) in [6.07, 6.45) is 5.81. The Kier molecular flexibility index (Phi) is 4.41. The Hall–Kier alpha value is -0.860. The van der Waals surface area contributed by atoms with E-state index in [1.54, 1.807) is 23.1 Å². The number of nitrogens with two attached hydrogens (primary N) is 1. The Morgan fingerprint density at radius 3 is 2.67 bits per heavy atom.